The Morgan fingerprint density at radius 1 is 0.411 bits per heavy atom. The lowest BCUT2D eigenvalue weighted by Gasteiger charge is -2.47. The molecule has 3 fully saturated rings. The molecule has 534 valence electrons. The van der Waals surface area contributed by atoms with Gasteiger partial charge in [-0.15, -0.1) is 0 Å². The maximum Gasteiger partial charge on any atom is 0.472 e. The van der Waals surface area contributed by atoms with Crippen LogP contribution in [0.4, 0.5) is 0 Å². The summed E-state index contributed by atoms with van der Waals surface area (Å²) in [6.07, 6.45) is -11.8. The molecule has 0 spiro atoms. The standard InChI is InChI=1S/C60H117NO27P2/c1-3-5-7-9-11-13-15-17-18-19-20-21-22-23-25-27-29-31-33-35-40(63)43(65)59(78)61-38(42(64)39(62)34-32-30-28-26-24-16-14-12-10-8-6-4-2)36-83-89(79,80)88-58-54(76)50(72)49(71)53(75)57(58)86-60-55(77)45(67)44(66)41(85-60)37-84-90(81,82)87-56-51(73)47(69)46(68)48(70)52(56)74/h38-58,60,62-77H,3-37H2,1-2H3,(H,61,78)(H,79,80)(H,81,82). The highest BCUT2D eigenvalue weighted by atomic mass is 31.2. The van der Waals surface area contributed by atoms with E-state index in [2.05, 4.69) is 19.2 Å². The summed E-state index contributed by atoms with van der Waals surface area (Å²) >= 11 is 0. The van der Waals surface area contributed by atoms with Gasteiger partial charge in [-0.3, -0.25) is 22.9 Å². The molecule has 0 aromatic rings. The van der Waals surface area contributed by atoms with Crippen LogP contribution in [-0.4, -0.2) is 245 Å². The first kappa shape index (κ1) is 83.2. The van der Waals surface area contributed by atoms with E-state index < -0.39 is 169 Å². The number of carbonyl (C=O) groups excluding carboxylic acids is 1. The van der Waals surface area contributed by atoms with E-state index in [4.69, 9.17) is 27.6 Å². The molecule has 22 unspecified atom stereocenters. The van der Waals surface area contributed by atoms with Crippen molar-refractivity contribution in [1.82, 2.24) is 5.32 Å². The van der Waals surface area contributed by atoms with Crippen LogP contribution >= 0.6 is 15.6 Å². The van der Waals surface area contributed by atoms with Crippen LogP contribution in [0.1, 0.15) is 226 Å². The predicted molar refractivity (Wildman–Crippen MR) is 327 cm³/mol. The first-order valence-corrected chi connectivity index (χ1v) is 36.5. The Bertz CT molecular complexity index is 1960. The van der Waals surface area contributed by atoms with E-state index in [1.165, 1.54) is 116 Å². The molecule has 3 aliphatic rings. The lowest BCUT2D eigenvalue weighted by molar-refractivity contribution is -0.337. The van der Waals surface area contributed by atoms with Crippen molar-refractivity contribution in [2.75, 3.05) is 13.2 Å². The molecule has 1 amide bonds. The zero-order chi connectivity index (χ0) is 67.0. The quantitative estimate of drug-likeness (QED) is 0.0307. The SMILES string of the molecule is CCCCCCCCCCCCCCCCCCCCCC(O)C(O)C(=O)NC(COP(=O)(O)OC1C(O)C(O)C(O)C(O)C1OC1OC(COP(=O)(O)OC2C(O)C(O)C(O)C(O)C2O)C(O)C(O)C1O)C(O)C(O)CCCCCCCCCCCCCC. The number of phosphoric ester groups is 2. The Morgan fingerprint density at radius 2 is 0.733 bits per heavy atom. The van der Waals surface area contributed by atoms with E-state index in [1.54, 1.807) is 0 Å². The highest BCUT2D eigenvalue weighted by molar-refractivity contribution is 7.47. The van der Waals surface area contributed by atoms with E-state index in [0.717, 1.165) is 64.2 Å². The maximum atomic E-state index is 13.8. The molecule has 0 aromatic carbocycles. The zero-order valence-electron chi connectivity index (χ0n) is 53.1. The van der Waals surface area contributed by atoms with E-state index in [-0.39, 0.29) is 12.8 Å². The minimum absolute atomic E-state index is 0.00830. The molecule has 1 heterocycles. The second kappa shape index (κ2) is 44.7. The van der Waals surface area contributed by atoms with E-state index >= 15 is 0 Å². The van der Waals surface area contributed by atoms with Crippen molar-refractivity contribution in [3.63, 3.8) is 0 Å². The lowest BCUT2D eigenvalue weighted by Crippen LogP contribution is -2.67. The third-order valence-corrected chi connectivity index (χ3v) is 19.6. The molecule has 1 saturated heterocycles. The minimum atomic E-state index is -5.75. The second-order valence-electron chi connectivity index (χ2n) is 25.2. The fraction of sp³-hybridized carbons (Fsp3) is 0.983. The number of aliphatic hydroxyl groups excluding tert-OH is 16. The van der Waals surface area contributed by atoms with Crippen molar-refractivity contribution in [3.8, 4) is 0 Å². The fourth-order valence-electron chi connectivity index (χ4n) is 11.7. The maximum absolute atomic E-state index is 13.8. The molecule has 22 atom stereocenters. The Morgan fingerprint density at radius 3 is 1.14 bits per heavy atom. The Labute approximate surface area is 531 Å². The number of carbonyl (C=O) groups is 1. The van der Waals surface area contributed by atoms with Crippen molar-refractivity contribution in [3.05, 3.63) is 0 Å². The summed E-state index contributed by atoms with van der Waals surface area (Å²) in [5, 5.41) is 173. The Balaban J connectivity index is 1.64. The zero-order valence-corrected chi connectivity index (χ0v) is 54.9. The summed E-state index contributed by atoms with van der Waals surface area (Å²) < 4.78 is 57.7. The fourth-order valence-corrected chi connectivity index (χ4v) is 13.6. The van der Waals surface area contributed by atoms with Crippen molar-refractivity contribution in [2.24, 2.45) is 0 Å². The molecule has 90 heavy (non-hydrogen) atoms. The van der Waals surface area contributed by atoms with Gasteiger partial charge in [-0.1, -0.05) is 213 Å². The summed E-state index contributed by atoms with van der Waals surface area (Å²) in [5.74, 6) is -1.24. The number of rotatable bonds is 50. The van der Waals surface area contributed by atoms with E-state index in [1.807, 2.05) is 0 Å². The molecule has 0 radical (unpaired) electrons. The molecular formula is C60H117NO27P2. The van der Waals surface area contributed by atoms with Crippen LogP contribution < -0.4 is 5.32 Å². The van der Waals surface area contributed by atoms with Crippen LogP contribution in [0.2, 0.25) is 0 Å². The van der Waals surface area contributed by atoms with Crippen LogP contribution in [0, 0.1) is 0 Å². The van der Waals surface area contributed by atoms with E-state index in [0.29, 0.717) is 19.3 Å². The van der Waals surface area contributed by atoms with Gasteiger partial charge in [-0.05, 0) is 12.8 Å². The topological polar surface area (TPSA) is 483 Å². The van der Waals surface area contributed by atoms with Crippen LogP contribution in [0.3, 0.4) is 0 Å². The summed E-state index contributed by atoms with van der Waals surface area (Å²) in [5.41, 5.74) is 0. The molecule has 0 bridgehead atoms. The van der Waals surface area contributed by atoms with Gasteiger partial charge in [0.05, 0.1) is 31.5 Å². The summed E-state index contributed by atoms with van der Waals surface area (Å²) in [6.45, 7) is 1.94. The lowest BCUT2D eigenvalue weighted by atomic mass is 9.84. The van der Waals surface area contributed by atoms with Crippen molar-refractivity contribution in [1.29, 1.82) is 0 Å². The van der Waals surface area contributed by atoms with Crippen LogP contribution in [0.15, 0.2) is 0 Å². The average Bonchev–Trinajstić information content (AvgIpc) is 0.807. The van der Waals surface area contributed by atoms with Gasteiger partial charge in [-0.25, -0.2) is 9.13 Å². The molecule has 2 saturated carbocycles. The number of hydrogen-bond acceptors (Lipinski definition) is 25. The molecule has 3 rings (SSSR count). The molecule has 0 aromatic heterocycles. The number of amides is 1. The summed E-state index contributed by atoms with van der Waals surface area (Å²) in [6, 6.07) is -1.81. The highest BCUT2D eigenvalue weighted by Crippen LogP contribution is 2.49. The third-order valence-electron chi connectivity index (χ3n) is 17.6. The van der Waals surface area contributed by atoms with Crippen LogP contribution in [0.5, 0.6) is 0 Å². The van der Waals surface area contributed by atoms with Crippen molar-refractivity contribution in [2.45, 2.75) is 360 Å². The number of aliphatic hydroxyl groups is 16. The second-order valence-corrected chi connectivity index (χ2v) is 28.0. The van der Waals surface area contributed by atoms with Gasteiger partial charge in [0.15, 0.2) is 12.4 Å². The number of ether oxygens (including phenoxy) is 2. The third kappa shape index (κ3) is 29.4. The largest absolute Gasteiger partial charge is 0.472 e. The number of hydrogen-bond donors (Lipinski definition) is 19. The summed E-state index contributed by atoms with van der Waals surface area (Å²) in [7, 11) is -11.3. The average molecular weight is 1350 g/mol. The molecule has 30 heteroatoms. The van der Waals surface area contributed by atoms with Gasteiger partial charge in [0.2, 0.25) is 0 Å². The van der Waals surface area contributed by atoms with Gasteiger partial charge in [0, 0.05) is 0 Å². The number of nitrogens with one attached hydrogen (secondary N) is 1. The van der Waals surface area contributed by atoms with Gasteiger partial charge in [0.1, 0.15) is 104 Å². The van der Waals surface area contributed by atoms with Crippen LogP contribution in [0.25, 0.3) is 0 Å². The van der Waals surface area contributed by atoms with Crippen molar-refractivity contribution < 1.29 is 133 Å². The molecule has 28 nitrogen and oxygen atoms in total. The van der Waals surface area contributed by atoms with Gasteiger partial charge >= 0.3 is 15.6 Å². The normalized spacial score (nSPS) is 32.2. The molecular weight excluding hydrogens is 1230 g/mol. The van der Waals surface area contributed by atoms with Gasteiger partial charge < -0.3 is 106 Å². The molecule has 2 aliphatic carbocycles. The first-order valence-electron chi connectivity index (χ1n) is 33.5. The Kier molecular flexibility index (Phi) is 41.3. The molecule has 19 N–H and O–H groups in total. The molecule has 1 aliphatic heterocycles. The summed E-state index contributed by atoms with van der Waals surface area (Å²) in [4.78, 5) is 35.1. The highest BCUT2D eigenvalue weighted by Gasteiger charge is 2.56. The first-order chi connectivity index (χ1) is 42.7. The van der Waals surface area contributed by atoms with Crippen molar-refractivity contribution >= 4 is 21.6 Å². The number of unbranched alkanes of at least 4 members (excludes halogenated alkanes) is 29. The van der Waals surface area contributed by atoms with Crippen LogP contribution in [-0.2, 0) is 41.5 Å². The monoisotopic (exact) mass is 1350 g/mol. The smallest absolute Gasteiger partial charge is 0.390 e. The predicted octanol–water partition coefficient (Wildman–Crippen LogP) is 2.30. The minimum Gasteiger partial charge on any atom is -0.390 e. The number of phosphoric acid groups is 2. The Hall–Kier alpha value is -1.03. The van der Waals surface area contributed by atoms with Gasteiger partial charge in [0.25, 0.3) is 5.91 Å². The van der Waals surface area contributed by atoms with Gasteiger partial charge in [-0.2, -0.15) is 0 Å². The van der Waals surface area contributed by atoms with E-state index in [9.17, 15) is 105 Å².